The normalized spacial score (nSPS) is 11.8. The minimum absolute atomic E-state index is 0.142. The minimum Gasteiger partial charge on any atom is -0.495 e. The SMILES string of the molecule is COc1cc(C#N)ccc1NC(C)c1sc(C)nc1C. The van der Waals surface area contributed by atoms with Crippen LogP contribution in [0.1, 0.15) is 34.1 Å². The van der Waals surface area contributed by atoms with Crippen molar-refractivity contribution in [1.82, 2.24) is 4.98 Å². The van der Waals surface area contributed by atoms with Crippen molar-refractivity contribution < 1.29 is 4.74 Å². The van der Waals surface area contributed by atoms with Crippen molar-refractivity contribution in [2.24, 2.45) is 0 Å². The zero-order valence-corrected chi connectivity index (χ0v) is 12.8. The Kier molecular flexibility index (Phi) is 4.26. The summed E-state index contributed by atoms with van der Waals surface area (Å²) in [6.45, 7) is 6.13. The molecular weight excluding hydrogens is 270 g/mol. The maximum Gasteiger partial charge on any atom is 0.143 e. The number of benzene rings is 1. The van der Waals surface area contributed by atoms with E-state index in [4.69, 9.17) is 10.00 Å². The Labute approximate surface area is 123 Å². The summed E-state index contributed by atoms with van der Waals surface area (Å²) in [5.74, 6) is 0.676. The van der Waals surface area contributed by atoms with Crippen molar-refractivity contribution in [1.29, 1.82) is 5.26 Å². The number of methoxy groups -OCH3 is 1. The molecule has 0 aliphatic rings. The summed E-state index contributed by atoms with van der Waals surface area (Å²) in [5.41, 5.74) is 2.52. The number of nitriles is 1. The molecule has 0 radical (unpaired) electrons. The molecule has 4 nitrogen and oxygen atoms in total. The number of hydrogen-bond donors (Lipinski definition) is 1. The summed E-state index contributed by atoms with van der Waals surface area (Å²) in [7, 11) is 1.61. The molecule has 0 fully saturated rings. The van der Waals surface area contributed by atoms with Crippen molar-refractivity contribution in [3.05, 3.63) is 39.3 Å². The number of thiazole rings is 1. The topological polar surface area (TPSA) is 57.9 Å². The molecule has 1 N–H and O–H groups in total. The molecule has 0 amide bonds. The lowest BCUT2D eigenvalue weighted by Crippen LogP contribution is -2.07. The van der Waals surface area contributed by atoms with Gasteiger partial charge in [0, 0.05) is 10.9 Å². The van der Waals surface area contributed by atoms with Crippen molar-refractivity contribution in [3.8, 4) is 11.8 Å². The first-order valence-electron chi connectivity index (χ1n) is 6.33. The maximum atomic E-state index is 8.91. The Morgan fingerprint density at radius 3 is 2.70 bits per heavy atom. The van der Waals surface area contributed by atoms with Crippen molar-refractivity contribution in [2.45, 2.75) is 26.8 Å². The number of nitrogens with one attached hydrogen (secondary N) is 1. The van der Waals surface area contributed by atoms with Crippen LogP contribution in [0.3, 0.4) is 0 Å². The molecule has 0 bridgehead atoms. The molecule has 1 atom stereocenters. The summed E-state index contributed by atoms with van der Waals surface area (Å²) in [5, 5.41) is 13.4. The van der Waals surface area contributed by atoms with E-state index in [-0.39, 0.29) is 6.04 Å². The predicted octanol–water partition coefficient (Wildman–Crippen LogP) is 3.81. The summed E-state index contributed by atoms with van der Waals surface area (Å²) >= 11 is 1.70. The fraction of sp³-hybridized carbons (Fsp3) is 0.333. The molecular formula is C15H17N3OS. The molecule has 0 spiro atoms. The lowest BCUT2D eigenvalue weighted by atomic mass is 10.1. The number of nitrogens with zero attached hydrogens (tertiary/aromatic N) is 2. The summed E-state index contributed by atoms with van der Waals surface area (Å²) in [6.07, 6.45) is 0. The predicted molar refractivity (Wildman–Crippen MR) is 81.3 cm³/mol. The van der Waals surface area contributed by atoms with E-state index in [0.29, 0.717) is 11.3 Å². The molecule has 5 heteroatoms. The van der Waals surface area contributed by atoms with Gasteiger partial charge >= 0.3 is 0 Å². The average molecular weight is 287 g/mol. The maximum absolute atomic E-state index is 8.91. The first-order valence-corrected chi connectivity index (χ1v) is 7.15. The molecule has 0 aliphatic heterocycles. The molecule has 2 rings (SSSR count). The highest BCUT2D eigenvalue weighted by atomic mass is 32.1. The van der Waals surface area contributed by atoms with Crippen LogP contribution in [0.5, 0.6) is 5.75 Å². The number of ether oxygens (including phenoxy) is 1. The molecule has 2 aromatic rings. The lowest BCUT2D eigenvalue weighted by molar-refractivity contribution is 0.416. The fourth-order valence-corrected chi connectivity index (χ4v) is 3.06. The van der Waals surface area contributed by atoms with E-state index >= 15 is 0 Å². The first kappa shape index (κ1) is 14.4. The van der Waals surface area contributed by atoms with E-state index in [2.05, 4.69) is 23.3 Å². The van der Waals surface area contributed by atoms with Crippen LogP contribution in [0.4, 0.5) is 5.69 Å². The number of rotatable bonds is 4. The van der Waals surface area contributed by atoms with Crippen molar-refractivity contribution in [2.75, 3.05) is 12.4 Å². The smallest absolute Gasteiger partial charge is 0.143 e. The largest absolute Gasteiger partial charge is 0.495 e. The second-order valence-electron chi connectivity index (χ2n) is 4.58. The van der Waals surface area contributed by atoms with Gasteiger partial charge in [-0.15, -0.1) is 11.3 Å². The zero-order valence-electron chi connectivity index (χ0n) is 12.0. The van der Waals surface area contributed by atoms with Gasteiger partial charge in [0.2, 0.25) is 0 Å². The van der Waals surface area contributed by atoms with Crippen LogP contribution in [-0.2, 0) is 0 Å². The number of anilines is 1. The third-order valence-corrected chi connectivity index (χ3v) is 4.29. The quantitative estimate of drug-likeness (QED) is 0.929. The van der Waals surface area contributed by atoms with Gasteiger partial charge in [-0.05, 0) is 32.9 Å². The van der Waals surface area contributed by atoms with Gasteiger partial charge in [0.25, 0.3) is 0 Å². The summed E-state index contributed by atoms with van der Waals surface area (Å²) in [6, 6.07) is 7.64. The van der Waals surface area contributed by atoms with Gasteiger partial charge in [0.15, 0.2) is 0 Å². The summed E-state index contributed by atoms with van der Waals surface area (Å²) in [4.78, 5) is 5.66. The Hall–Kier alpha value is -2.06. The molecule has 104 valence electrons. The van der Waals surface area contributed by atoms with Gasteiger partial charge in [0.1, 0.15) is 5.75 Å². The Morgan fingerprint density at radius 1 is 1.40 bits per heavy atom. The highest BCUT2D eigenvalue weighted by Crippen LogP contribution is 2.32. The van der Waals surface area contributed by atoms with Crippen LogP contribution in [0, 0.1) is 25.2 Å². The highest BCUT2D eigenvalue weighted by molar-refractivity contribution is 7.11. The molecule has 0 saturated heterocycles. The van der Waals surface area contributed by atoms with Gasteiger partial charge < -0.3 is 10.1 Å². The van der Waals surface area contributed by atoms with E-state index in [0.717, 1.165) is 16.4 Å². The monoisotopic (exact) mass is 287 g/mol. The highest BCUT2D eigenvalue weighted by Gasteiger charge is 2.14. The first-order chi connectivity index (χ1) is 9.55. The lowest BCUT2D eigenvalue weighted by Gasteiger charge is -2.17. The Morgan fingerprint density at radius 2 is 2.15 bits per heavy atom. The van der Waals surface area contributed by atoms with E-state index in [1.165, 1.54) is 4.88 Å². The number of hydrogen-bond acceptors (Lipinski definition) is 5. The van der Waals surface area contributed by atoms with E-state index < -0.39 is 0 Å². The zero-order chi connectivity index (χ0) is 14.7. The molecule has 20 heavy (non-hydrogen) atoms. The van der Waals surface area contributed by atoms with E-state index in [1.807, 2.05) is 19.9 Å². The number of aromatic nitrogens is 1. The van der Waals surface area contributed by atoms with Crippen LogP contribution in [-0.4, -0.2) is 12.1 Å². The fourth-order valence-electron chi connectivity index (χ4n) is 2.13. The third-order valence-electron chi connectivity index (χ3n) is 3.04. The van der Waals surface area contributed by atoms with Gasteiger partial charge in [-0.2, -0.15) is 5.26 Å². The van der Waals surface area contributed by atoms with E-state index in [9.17, 15) is 0 Å². The van der Waals surface area contributed by atoms with Gasteiger partial charge in [-0.1, -0.05) is 0 Å². The standard InChI is InChI=1S/C15H17N3OS/c1-9-15(20-11(3)17-9)10(2)18-13-6-5-12(8-16)7-14(13)19-4/h5-7,10,18H,1-4H3. The molecule has 1 heterocycles. The molecule has 1 aromatic carbocycles. The molecule has 0 saturated carbocycles. The second kappa shape index (κ2) is 5.93. The van der Waals surface area contributed by atoms with Crippen LogP contribution in [0.2, 0.25) is 0 Å². The van der Waals surface area contributed by atoms with Crippen LogP contribution in [0.25, 0.3) is 0 Å². The van der Waals surface area contributed by atoms with Crippen molar-refractivity contribution in [3.63, 3.8) is 0 Å². The van der Waals surface area contributed by atoms with Crippen LogP contribution >= 0.6 is 11.3 Å². The molecule has 1 unspecified atom stereocenters. The van der Waals surface area contributed by atoms with Crippen LogP contribution < -0.4 is 10.1 Å². The third kappa shape index (κ3) is 2.91. The molecule has 1 aromatic heterocycles. The Bertz CT molecular complexity index is 658. The average Bonchev–Trinajstić information content (AvgIpc) is 2.78. The molecule has 0 aliphatic carbocycles. The summed E-state index contributed by atoms with van der Waals surface area (Å²) < 4.78 is 5.33. The van der Waals surface area contributed by atoms with E-state index in [1.54, 1.807) is 30.6 Å². The van der Waals surface area contributed by atoms with Crippen molar-refractivity contribution >= 4 is 17.0 Å². The van der Waals surface area contributed by atoms with Gasteiger partial charge in [-0.25, -0.2) is 4.98 Å². The number of aryl methyl sites for hydroxylation is 2. The van der Waals surface area contributed by atoms with Gasteiger partial charge in [0.05, 0.1) is 41.2 Å². The van der Waals surface area contributed by atoms with Crippen LogP contribution in [0.15, 0.2) is 18.2 Å². The Balaban J connectivity index is 2.26. The second-order valence-corrected chi connectivity index (χ2v) is 5.81. The van der Waals surface area contributed by atoms with Gasteiger partial charge in [-0.3, -0.25) is 0 Å². The minimum atomic E-state index is 0.142.